The summed E-state index contributed by atoms with van der Waals surface area (Å²) in [6.45, 7) is 4.62. The van der Waals surface area contributed by atoms with Gasteiger partial charge in [0.15, 0.2) is 0 Å². The van der Waals surface area contributed by atoms with Crippen LogP contribution in [0.4, 0.5) is 17.1 Å². The predicted molar refractivity (Wildman–Crippen MR) is 152 cm³/mol. The molecule has 0 radical (unpaired) electrons. The predicted octanol–water partition coefficient (Wildman–Crippen LogP) is 6.86. The smallest absolute Gasteiger partial charge is 0.339 e. The number of benzene rings is 4. The van der Waals surface area contributed by atoms with Crippen molar-refractivity contribution in [2.45, 2.75) is 6.54 Å². The Morgan fingerprint density at radius 3 is 2.30 bits per heavy atom. The maximum Gasteiger partial charge on any atom is 0.339 e. The molecule has 37 heavy (non-hydrogen) atoms. The number of anilines is 3. The number of rotatable bonds is 7. The van der Waals surface area contributed by atoms with E-state index in [4.69, 9.17) is 16.3 Å². The minimum atomic E-state index is -0.353. The zero-order valence-corrected chi connectivity index (χ0v) is 21.6. The van der Waals surface area contributed by atoms with E-state index in [0.29, 0.717) is 5.56 Å². The van der Waals surface area contributed by atoms with Crippen LogP contribution < -0.4 is 10.2 Å². The van der Waals surface area contributed by atoms with Crippen molar-refractivity contribution >= 4 is 34.6 Å². The molecule has 0 aliphatic carbocycles. The molecule has 1 saturated heterocycles. The third-order valence-corrected chi connectivity index (χ3v) is 7.02. The number of nitrogens with zero attached hydrogens (tertiary/aromatic N) is 2. The molecule has 1 aliphatic heterocycles. The third-order valence-electron chi connectivity index (χ3n) is 6.77. The van der Waals surface area contributed by atoms with E-state index in [1.165, 1.54) is 23.8 Å². The number of esters is 1. The monoisotopic (exact) mass is 511 g/mol. The molecule has 1 N–H and O–H groups in total. The van der Waals surface area contributed by atoms with Crippen molar-refractivity contribution in [2.24, 2.45) is 0 Å². The van der Waals surface area contributed by atoms with Gasteiger partial charge in [-0.3, -0.25) is 4.90 Å². The lowest BCUT2D eigenvalue weighted by atomic mass is 9.99. The van der Waals surface area contributed by atoms with Crippen molar-refractivity contribution in [3.05, 3.63) is 113 Å². The first-order valence-electron chi connectivity index (χ1n) is 12.5. The number of halogens is 1. The van der Waals surface area contributed by atoms with Crippen molar-refractivity contribution in [3.63, 3.8) is 0 Å². The Hall–Kier alpha value is -3.80. The van der Waals surface area contributed by atoms with Crippen molar-refractivity contribution < 1.29 is 9.53 Å². The molecule has 1 heterocycles. The molecule has 4 aromatic rings. The van der Waals surface area contributed by atoms with Gasteiger partial charge in [0.05, 0.1) is 18.4 Å². The van der Waals surface area contributed by atoms with Crippen LogP contribution in [0.15, 0.2) is 97.1 Å². The Bertz CT molecular complexity index is 1350. The third kappa shape index (κ3) is 5.96. The van der Waals surface area contributed by atoms with E-state index in [1.807, 2.05) is 60.7 Å². The fourth-order valence-corrected chi connectivity index (χ4v) is 4.90. The quantitative estimate of drug-likeness (QED) is 0.275. The molecule has 0 amide bonds. The van der Waals surface area contributed by atoms with Crippen molar-refractivity contribution in [3.8, 4) is 11.1 Å². The molecular weight excluding hydrogens is 482 g/mol. The molecule has 0 spiro atoms. The molecule has 188 valence electrons. The van der Waals surface area contributed by atoms with E-state index in [1.54, 1.807) is 0 Å². The topological polar surface area (TPSA) is 44.8 Å². The molecule has 0 saturated carbocycles. The maximum atomic E-state index is 12.4. The SMILES string of the molecule is COC(=O)c1ccc(N2CCN(Cc3ccccc3-c3ccc(Cl)cc3)CC2)cc1Nc1ccccc1. The normalized spacial score (nSPS) is 13.8. The second kappa shape index (κ2) is 11.5. The number of methoxy groups -OCH3 is 1. The lowest BCUT2D eigenvalue weighted by Crippen LogP contribution is -2.46. The number of piperazine rings is 1. The van der Waals surface area contributed by atoms with Crippen LogP contribution in [0.25, 0.3) is 11.1 Å². The van der Waals surface area contributed by atoms with Gasteiger partial charge in [0.2, 0.25) is 0 Å². The largest absolute Gasteiger partial charge is 0.465 e. The summed E-state index contributed by atoms with van der Waals surface area (Å²) in [4.78, 5) is 17.3. The van der Waals surface area contributed by atoms with Crippen molar-refractivity contribution in [2.75, 3.05) is 43.5 Å². The highest BCUT2D eigenvalue weighted by molar-refractivity contribution is 6.30. The van der Waals surface area contributed by atoms with Crippen molar-refractivity contribution in [1.82, 2.24) is 4.90 Å². The first-order chi connectivity index (χ1) is 18.1. The fourth-order valence-electron chi connectivity index (χ4n) is 4.77. The van der Waals surface area contributed by atoms with Crippen LogP contribution in [-0.4, -0.2) is 44.2 Å². The van der Waals surface area contributed by atoms with Gasteiger partial charge in [-0.1, -0.05) is 66.2 Å². The number of para-hydroxylation sites is 1. The molecule has 0 unspecified atom stereocenters. The van der Waals surface area contributed by atoms with E-state index in [-0.39, 0.29) is 5.97 Å². The van der Waals surface area contributed by atoms with Crippen LogP contribution in [0.1, 0.15) is 15.9 Å². The summed E-state index contributed by atoms with van der Waals surface area (Å²) >= 11 is 6.10. The van der Waals surface area contributed by atoms with Gasteiger partial charge in [0, 0.05) is 49.1 Å². The van der Waals surface area contributed by atoms with Crippen LogP contribution >= 0.6 is 11.6 Å². The Labute approximate surface area is 223 Å². The number of hydrogen-bond acceptors (Lipinski definition) is 5. The highest BCUT2D eigenvalue weighted by atomic mass is 35.5. The number of nitrogens with one attached hydrogen (secondary N) is 1. The number of hydrogen-bond donors (Lipinski definition) is 1. The van der Waals surface area contributed by atoms with E-state index >= 15 is 0 Å². The summed E-state index contributed by atoms with van der Waals surface area (Å²) < 4.78 is 5.01. The van der Waals surface area contributed by atoms with Gasteiger partial charge in [-0.15, -0.1) is 0 Å². The summed E-state index contributed by atoms with van der Waals surface area (Å²) in [5, 5.41) is 4.14. The second-order valence-corrected chi connectivity index (χ2v) is 9.58. The van der Waals surface area contributed by atoms with Gasteiger partial charge in [-0.05, 0) is 59.2 Å². The lowest BCUT2D eigenvalue weighted by molar-refractivity contribution is 0.0602. The molecular formula is C31H30ClN3O2. The van der Waals surface area contributed by atoms with Crippen LogP contribution in [0.2, 0.25) is 5.02 Å². The zero-order valence-electron chi connectivity index (χ0n) is 20.9. The Morgan fingerprint density at radius 2 is 1.57 bits per heavy atom. The number of carbonyl (C=O) groups excluding carboxylic acids is 1. The van der Waals surface area contributed by atoms with E-state index in [9.17, 15) is 4.79 Å². The van der Waals surface area contributed by atoms with Crippen molar-refractivity contribution in [1.29, 1.82) is 0 Å². The van der Waals surface area contributed by atoms with E-state index < -0.39 is 0 Å². The number of carbonyl (C=O) groups is 1. The van der Waals surface area contributed by atoms with Gasteiger partial charge < -0.3 is 15.0 Å². The van der Waals surface area contributed by atoms with Crippen LogP contribution in [0.3, 0.4) is 0 Å². The molecule has 6 heteroatoms. The van der Waals surface area contributed by atoms with Gasteiger partial charge in [-0.25, -0.2) is 4.79 Å². The van der Waals surface area contributed by atoms with Crippen LogP contribution in [-0.2, 0) is 11.3 Å². The lowest BCUT2D eigenvalue weighted by Gasteiger charge is -2.36. The average Bonchev–Trinajstić information content (AvgIpc) is 2.94. The molecule has 0 atom stereocenters. The first kappa shape index (κ1) is 24.9. The highest BCUT2D eigenvalue weighted by Crippen LogP contribution is 2.30. The molecule has 0 aromatic heterocycles. The van der Waals surface area contributed by atoms with Gasteiger partial charge in [0.25, 0.3) is 0 Å². The highest BCUT2D eigenvalue weighted by Gasteiger charge is 2.21. The van der Waals surface area contributed by atoms with E-state index in [0.717, 1.165) is 54.8 Å². The Balaban J connectivity index is 1.29. The Morgan fingerprint density at radius 1 is 0.865 bits per heavy atom. The number of ether oxygens (including phenoxy) is 1. The minimum absolute atomic E-state index is 0.353. The summed E-state index contributed by atoms with van der Waals surface area (Å²) in [5.74, 6) is -0.353. The Kier molecular flexibility index (Phi) is 7.73. The van der Waals surface area contributed by atoms with Gasteiger partial charge in [-0.2, -0.15) is 0 Å². The summed E-state index contributed by atoms with van der Waals surface area (Å²) in [6.07, 6.45) is 0. The summed E-state index contributed by atoms with van der Waals surface area (Å²) in [7, 11) is 1.41. The molecule has 4 aromatic carbocycles. The second-order valence-electron chi connectivity index (χ2n) is 9.14. The van der Waals surface area contributed by atoms with E-state index in [2.05, 4.69) is 51.5 Å². The zero-order chi connectivity index (χ0) is 25.6. The molecule has 5 nitrogen and oxygen atoms in total. The van der Waals surface area contributed by atoms with Crippen LogP contribution in [0, 0.1) is 0 Å². The van der Waals surface area contributed by atoms with Crippen LogP contribution in [0.5, 0.6) is 0 Å². The van der Waals surface area contributed by atoms with Gasteiger partial charge in [0.1, 0.15) is 0 Å². The van der Waals surface area contributed by atoms with Gasteiger partial charge >= 0.3 is 5.97 Å². The first-order valence-corrected chi connectivity index (χ1v) is 12.8. The molecule has 0 bridgehead atoms. The molecule has 1 aliphatic rings. The fraction of sp³-hybridized carbons (Fsp3) is 0.194. The standard InChI is InChI=1S/C31H30ClN3O2/c1-37-31(36)29-16-15-27(21-30(29)33-26-8-3-2-4-9-26)35-19-17-34(18-20-35)22-24-7-5-6-10-28(24)23-11-13-25(32)14-12-23/h2-16,21,33H,17-20,22H2,1H3. The average molecular weight is 512 g/mol. The summed E-state index contributed by atoms with van der Waals surface area (Å²) in [6, 6.07) is 32.4. The molecule has 5 rings (SSSR count). The molecule has 1 fully saturated rings. The summed E-state index contributed by atoms with van der Waals surface area (Å²) in [5.41, 5.74) is 7.03. The minimum Gasteiger partial charge on any atom is -0.465 e. The maximum absolute atomic E-state index is 12.4.